The maximum Gasteiger partial charge on any atom is 0.358 e. The molecule has 0 bridgehead atoms. The van der Waals surface area contributed by atoms with E-state index >= 15 is 0 Å². The Kier molecular flexibility index (Phi) is 5.97. The van der Waals surface area contributed by atoms with Gasteiger partial charge in [0, 0.05) is 0 Å². The lowest BCUT2D eigenvalue weighted by Crippen LogP contribution is -2.29. The minimum Gasteiger partial charge on any atom is -0.461 e. The van der Waals surface area contributed by atoms with Crippen LogP contribution < -0.4 is 0 Å². The van der Waals surface area contributed by atoms with Crippen LogP contribution in [0.4, 0.5) is 0 Å². The number of hydrogen-bond donors (Lipinski definition) is 1. The second-order valence-electron chi connectivity index (χ2n) is 4.24. The fraction of sp³-hybridized carbons (Fsp3) is 0.833. The van der Waals surface area contributed by atoms with E-state index in [-0.39, 0.29) is 18.4 Å². The summed E-state index contributed by atoms with van der Waals surface area (Å²) in [6, 6.07) is 0. The molecule has 98 valence electrons. The van der Waals surface area contributed by atoms with Crippen LogP contribution in [0.3, 0.4) is 0 Å². The van der Waals surface area contributed by atoms with Crippen LogP contribution in [-0.4, -0.2) is 35.6 Å². The predicted molar refractivity (Wildman–Crippen MR) is 63.7 cm³/mol. The Balaban J connectivity index is 2.53. The van der Waals surface area contributed by atoms with E-state index in [0.717, 1.165) is 25.7 Å². The van der Waals surface area contributed by atoms with E-state index in [2.05, 4.69) is 5.16 Å². The second kappa shape index (κ2) is 7.27. The summed E-state index contributed by atoms with van der Waals surface area (Å²) in [4.78, 5) is 16.8. The van der Waals surface area contributed by atoms with Crippen molar-refractivity contribution in [2.75, 3.05) is 6.61 Å². The zero-order valence-corrected chi connectivity index (χ0v) is 10.5. The molecule has 0 spiro atoms. The van der Waals surface area contributed by atoms with Crippen molar-refractivity contribution in [1.29, 1.82) is 0 Å². The Labute approximate surface area is 102 Å². The van der Waals surface area contributed by atoms with Gasteiger partial charge in [-0.1, -0.05) is 11.6 Å². The zero-order valence-electron chi connectivity index (χ0n) is 10.5. The molecule has 0 saturated heterocycles. The SMILES string of the molecule is CCOC(=O)/C(=N/OC1CCCCC1)C(C)O. The van der Waals surface area contributed by atoms with Crippen molar-refractivity contribution in [3.63, 3.8) is 0 Å². The summed E-state index contributed by atoms with van der Waals surface area (Å²) < 4.78 is 4.80. The first-order chi connectivity index (χ1) is 8.15. The quantitative estimate of drug-likeness (QED) is 0.453. The van der Waals surface area contributed by atoms with Crippen molar-refractivity contribution in [3.8, 4) is 0 Å². The van der Waals surface area contributed by atoms with Gasteiger partial charge in [-0.15, -0.1) is 0 Å². The highest BCUT2D eigenvalue weighted by molar-refractivity contribution is 6.37. The Bertz CT molecular complexity index is 270. The molecule has 0 heterocycles. The van der Waals surface area contributed by atoms with E-state index in [0.29, 0.717) is 0 Å². The molecule has 1 unspecified atom stereocenters. The van der Waals surface area contributed by atoms with Gasteiger partial charge in [0.15, 0.2) is 5.71 Å². The van der Waals surface area contributed by atoms with E-state index in [1.54, 1.807) is 6.92 Å². The summed E-state index contributed by atoms with van der Waals surface area (Å²) in [5.74, 6) is -0.613. The van der Waals surface area contributed by atoms with Gasteiger partial charge < -0.3 is 14.7 Å². The number of carbonyl (C=O) groups is 1. The third kappa shape index (κ3) is 4.73. The van der Waals surface area contributed by atoms with Crippen LogP contribution in [0.2, 0.25) is 0 Å². The Morgan fingerprint density at radius 2 is 2.06 bits per heavy atom. The molecular formula is C12H21NO4. The van der Waals surface area contributed by atoms with E-state index in [4.69, 9.17) is 9.57 Å². The van der Waals surface area contributed by atoms with Gasteiger partial charge in [-0.25, -0.2) is 4.79 Å². The highest BCUT2D eigenvalue weighted by Gasteiger charge is 2.21. The second-order valence-corrected chi connectivity index (χ2v) is 4.24. The summed E-state index contributed by atoms with van der Waals surface area (Å²) >= 11 is 0. The first-order valence-electron chi connectivity index (χ1n) is 6.24. The average molecular weight is 243 g/mol. The Morgan fingerprint density at radius 3 is 2.59 bits per heavy atom. The third-order valence-corrected chi connectivity index (χ3v) is 2.73. The summed E-state index contributed by atoms with van der Waals surface area (Å²) in [7, 11) is 0. The summed E-state index contributed by atoms with van der Waals surface area (Å²) in [5, 5.41) is 13.2. The number of rotatable bonds is 5. The minimum absolute atomic E-state index is 0.0579. The normalized spacial score (nSPS) is 19.8. The van der Waals surface area contributed by atoms with Gasteiger partial charge in [-0.3, -0.25) is 0 Å². The van der Waals surface area contributed by atoms with Crippen LogP contribution in [-0.2, 0) is 14.4 Å². The maximum absolute atomic E-state index is 11.5. The predicted octanol–water partition coefficient (Wildman–Crippen LogP) is 1.64. The average Bonchev–Trinajstić information content (AvgIpc) is 2.30. The number of nitrogens with zero attached hydrogens (tertiary/aromatic N) is 1. The van der Waals surface area contributed by atoms with Crippen LogP contribution >= 0.6 is 0 Å². The van der Waals surface area contributed by atoms with Crippen molar-refractivity contribution < 1.29 is 19.5 Å². The van der Waals surface area contributed by atoms with Crippen LogP contribution in [0, 0.1) is 0 Å². The van der Waals surface area contributed by atoms with Gasteiger partial charge >= 0.3 is 5.97 Å². The topological polar surface area (TPSA) is 68.1 Å². The van der Waals surface area contributed by atoms with Gasteiger partial charge in [0.1, 0.15) is 12.2 Å². The molecule has 0 aromatic heterocycles. The molecule has 0 radical (unpaired) electrons. The molecule has 0 aliphatic heterocycles. The maximum atomic E-state index is 11.5. The van der Waals surface area contributed by atoms with Crippen molar-refractivity contribution in [2.24, 2.45) is 5.16 Å². The zero-order chi connectivity index (χ0) is 12.7. The molecule has 1 atom stereocenters. The molecule has 5 heteroatoms. The smallest absolute Gasteiger partial charge is 0.358 e. The van der Waals surface area contributed by atoms with E-state index in [1.807, 2.05) is 0 Å². The van der Waals surface area contributed by atoms with Gasteiger partial charge in [-0.2, -0.15) is 0 Å². The van der Waals surface area contributed by atoms with E-state index in [1.165, 1.54) is 13.3 Å². The number of ether oxygens (including phenoxy) is 1. The molecule has 1 N–H and O–H groups in total. The van der Waals surface area contributed by atoms with Crippen molar-refractivity contribution in [1.82, 2.24) is 0 Å². The number of hydrogen-bond acceptors (Lipinski definition) is 5. The lowest BCUT2D eigenvalue weighted by Gasteiger charge is -2.20. The van der Waals surface area contributed by atoms with E-state index in [9.17, 15) is 9.90 Å². The molecule has 0 aromatic rings. The first kappa shape index (κ1) is 14.0. The molecule has 0 amide bonds. The van der Waals surface area contributed by atoms with Gasteiger partial charge in [-0.05, 0) is 39.5 Å². The summed E-state index contributed by atoms with van der Waals surface area (Å²) in [6.45, 7) is 3.44. The van der Waals surface area contributed by atoms with Gasteiger partial charge in [0.25, 0.3) is 0 Å². The molecule has 1 rings (SSSR count). The number of esters is 1. The van der Waals surface area contributed by atoms with Crippen LogP contribution in [0.15, 0.2) is 5.16 Å². The van der Waals surface area contributed by atoms with Crippen LogP contribution in [0.5, 0.6) is 0 Å². The number of carbonyl (C=O) groups excluding carboxylic acids is 1. The lowest BCUT2D eigenvalue weighted by molar-refractivity contribution is -0.135. The molecule has 1 aliphatic rings. The van der Waals surface area contributed by atoms with Gasteiger partial charge in [0.05, 0.1) is 6.61 Å². The van der Waals surface area contributed by atoms with Gasteiger partial charge in [0.2, 0.25) is 0 Å². The monoisotopic (exact) mass is 243 g/mol. The standard InChI is InChI=1S/C12H21NO4/c1-3-16-12(15)11(9(2)14)13-17-10-7-5-4-6-8-10/h9-10,14H,3-8H2,1-2H3/b13-11+. The summed E-state index contributed by atoms with van der Waals surface area (Å²) in [5.41, 5.74) is -0.0579. The number of aliphatic hydroxyl groups is 1. The minimum atomic E-state index is -0.974. The van der Waals surface area contributed by atoms with Crippen LogP contribution in [0.25, 0.3) is 0 Å². The molecule has 17 heavy (non-hydrogen) atoms. The molecule has 1 aliphatic carbocycles. The highest BCUT2D eigenvalue weighted by Crippen LogP contribution is 2.20. The molecule has 1 fully saturated rings. The fourth-order valence-corrected chi connectivity index (χ4v) is 1.79. The van der Waals surface area contributed by atoms with E-state index < -0.39 is 12.1 Å². The Morgan fingerprint density at radius 1 is 1.41 bits per heavy atom. The van der Waals surface area contributed by atoms with Crippen LogP contribution in [0.1, 0.15) is 46.0 Å². The Hall–Kier alpha value is -1.10. The molecule has 1 saturated carbocycles. The number of oxime groups is 1. The third-order valence-electron chi connectivity index (χ3n) is 2.73. The number of aliphatic hydroxyl groups excluding tert-OH is 1. The summed E-state index contributed by atoms with van der Waals surface area (Å²) in [6.07, 6.45) is 4.49. The van der Waals surface area contributed by atoms with Crippen molar-refractivity contribution >= 4 is 11.7 Å². The molecule has 5 nitrogen and oxygen atoms in total. The molecular weight excluding hydrogens is 222 g/mol. The lowest BCUT2D eigenvalue weighted by atomic mass is 9.98. The first-order valence-corrected chi connectivity index (χ1v) is 6.24. The molecule has 0 aromatic carbocycles. The highest BCUT2D eigenvalue weighted by atomic mass is 16.6. The largest absolute Gasteiger partial charge is 0.461 e. The van der Waals surface area contributed by atoms with Crippen molar-refractivity contribution in [3.05, 3.63) is 0 Å². The fourth-order valence-electron chi connectivity index (χ4n) is 1.79. The van der Waals surface area contributed by atoms with Crippen molar-refractivity contribution in [2.45, 2.75) is 58.2 Å².